The summed E-state index contributed by atoms with van der Waals surface area (Å²) in [6.45, 7) is 9.20. The number of carbonyl (C=O) groups excluding carboxylic acids is 2. The van der Waals surface area contributed by atoms with Crippen molar-refractivity contribution >= 4 is 31.4 Å². The lowest BCUT2D eigenvalue weighted by atomic mass is 9.99. The number of nitrogens with one attached hydrogen (secondary N) is 1. The number of nitrogens with zero attached hydrogens (tertiary/aromatic N) is 4. The van der Waals surface area contributed by atoms with Crippen LogP contribution in [-0.4, -0.2) is 106 Å². The first-order valence-electron chi connectivity index (χ1n) is 16.1. The molecule has 4 rings (SSSR count). The Morgan fingerprint density at radius 3 is 2.10 bits per heavy atom. The number of carbonyl (C=O) groups is 2. The molecule has 2 aromatic heterocycles. The summed E-state index contributed by atoms with van der Waals surface area (Å²) in [7, 11) is -4.27. The van der Waals surface area contributed by atoms with Gasteiger partial charge in [-0.25, -0.2) is 24.1 Å². The molecule has 0 radical (unpaired) electrons. The van der Waals surface area contributed by atoms with Gasteiger partial charge in [-0.1, -0.05) is 54.4 Å². The van der Waals surface area contributed by atoms with Crippen LogP contribution in [0.2, 0.25) is 0 Å². The highest BCUT2D eigenvalue weighted by Gasteiger charge is 2.45. The van der Waals surface area contributed by atoms with E-state index in [0.29, 0.717) is 17.2 Å². The van der Waals surface area contributed by atoms with Crippen LogP contribution in [0.5, 0.6) is 0 Å². The minimum atomic E-state index is -4.27. The zero-order valence-corrected chi connectivity index (χ0v) is 29.6. The molecule has 4 atom stereocenters. The maximum atomic E-state index is 13.5. The van der Waals surface area contributed by atoms with E-state index in [-0.39, 0.29) is 36.7 Å². The van der Waals surface area contributed by atoms with Crippen molar-refractivity contribution in [1.29, 1.82) is 0 Å². The van der Waals surface area contributed by atoms with Crippen molar-refractivity contribution in [3.63, 3.8) is 0 Å². The average molecular weight is 718 g/mol. The lowest BCUT2D eigenvalue weighted by Gasteiger charge is -2.21. The molecule has 276 valence electrons. The molecule has 2 aliphatic rings. The fourth-order valence-corrected chi connectivity index (χ4v) is 5.84. The first kappa shape index (κ1) is 38.7. The number of rotatable bonds is 15. The Bertz CT molecular complexity index is 1400. The number of aliphatic hydroxyl groups excluding tert-OH is 2. The van der Waals surface area contributed by atoms with E-state index in [0.717, 1.165) is 25.7 Å². The van der Waals surface area contributed by atoms with Gasteiger partial charge in [0.1, 0.15) is 37.1 Å². The first-order valence-corrected chi connectivity index (χ1v) is 17.8. The van der Waals surface area contributed by atoms with Crippen molar-refractivity contribution in [3.05, 3.63) is 18.2 Å². The van der Waals surface area contributed by atoms with Crippen molar-refractivity contribution in [1.82, 2.24) is 19.6 Å². The maximum Gasteiger partial charge on any atom is 0.510 e. The molecule has 3 N–H and O–H groups in total. The molecule has 1 aliphatic heterocycles. The van der Waals surface area contributed by atoms with E-state index >= 15 is 0 Å². The lowest BCUT2D eigenvalue weighted by molar-refractivity contribution is -0.0507. The molecule has 18 nitrogen and oxygen atoms in total. The SMILES string of the molecule is CC(C)(C)COC(=O)OCOP(=O)(COC[C@H]1O[C@@H](c2cnc3c(NC4CCCC4)ncnn23)[C@H](O)[C@@H]1O)OCOC(=O)OCC(C)(C)C. The van der Waals surface area contributed by atoms with Gasteiger partial charge in [0.15, 0.2) is 11.5 Å². The van der Waals surface area contributed by atoms with Crippen molar-refractivity contribution in [3.8, 4) is 0 Å². The quantitative estimate of drug-likeness (QED) is 0.134. The van der Waals surface area contributed by atoms with Gasteiger partial charge in [0.2, 0.25) is 13.6 Å². The predicted molar refractivity (Wildman–Crippen MR) is 170 cm³/mol. The van der Waals surface area contributed by atoms with E-state index in [2.05, 4.69) is 20.4 Å². The summed E-state index contributed by atoms with van der Waals surface area (Å²) in [5, 5.41) is 29.3. The monoisotopic (exact) mass is 717 g/mol. The summed E-state index contributed by atoms with van der Waals surface area (Å²) < 4.78 is 56.5. The maximum absolute atomic E-state index is 13.5. The van der Waals surface area contributed by atoms with E-state index < -0.39 is 64.3 Å². The highest BCUT2D eigenvalue weighted by molar-refractivity contribution is 7.53. The molecule has 0 bridgehead atoms. The van der Waals surface area contributed by atoms with Crippen LogP contribution < -0.4 is 5.32 Å². The zero-order valence-electron chi connectivity index (χ0n) is 28.7. The number of aromatic nitrogens is 4. The van der Waals surface area contributed by atoms with Crippen LogP contribution in [0.3, 0.4) is 0 Å². The van der Waals surface area contributed by atoms with Gasteiger partial charge in [-0.2, -0.15) is 5.10 Å². The van der Waals surface area contributed by atoms with E-state index in [4.69, 9.17) is 37.5 Å². The predicted octanol–water partition coefficient (Wildman–Crippen LogP) is 4.15. The lowest BCUT2D eigenvalue weighted by Crippen LogP contribution is -2.33. The van der Waals surface area contributed by atoms with Gasteiger partial charge in [-0.15, -0.1) is 0 Å². The molecule has 49 heavy (non-hydrogen) atoms. The number of aliphatic hydroxyl groups is 2. The van der Waals surface area contributed by atoms with Gasteiger partial charge in [0.25, 0.3) is 0 Å². The number of anilines is 1. The standard InChI is InChI=1S/C30H48N5O13P/c1-29(2,3)13-42-27(38)44-16-46-49(40,47-17-45-28(39)43-14-30(4,5)6)18-41-12-21-22(36)23(37)24(48-21)20-11-31-26-25(32-15-33-35(20)26)34-19-9-7-8-10-19/h11,15,19,21-24,36-37H,7-10,12-14,16-18H2,1-6H3,(H,32,33,34)/t21-,22-,23-,24+/m1/s1. The molecule has 0 amide bonds. The second-order valence-electron chi connectivity index (χ2n) is 14.3. The molecule has 1 aliphatic carbocycles. The second kappa shape index (κ2) is 16.7. The van der Waals surface area contributed by atoms with E-state index in [1.807, 2.05) is 41.5 Å². The third-order valence-corrected chi connectivity index (χ3v) is 8.81. The Morgan fingerprint density at radius 2 is 1.53 bits per heavy atom. The van der Waals surface area contributed by atoms with Crippen LogP contribution in [0.25, 0.3) is 5.65 Å². The first-order chi connectivity index (χ1) is 23.0. The number of imidazole rings is 1. The Kier molecular flexibility index (Phi) is 13.2. The molecule has 1 saturated heterocycles. The number of ether oxygens (including phenoxy) is 6. The minimum absolute atomic E-state index is 0.0603. The van der Waals surface area contributed by atoms with Crippen LogP contribution in [0, 0.1) is 10.8 Å². The van der Waals surface area contributed by atoms with Crippen molar-refractivity contribution in [2.75, 3.05) is 45.1 Å². The van der Waals surface area contributed by atoms with Crippen LogP contribution >= 0.6 is 7.60 Å². The molecule has 3 heterocycles. The van der Waals surface area contributed by atoms with Gasteiger partial charge >= 0.3 is 19.9 Å². The summed E-state index contributed by atoms with van der Waals surface area (Å²) in [6.07, 6.45) is -0.584. The summed E-state index contributed by atoms with van der Waals surface area (Å²) >= 11 is 0. The molecular formula is C30H48N5O13P. The summed E-state index contributed by atoms with van der Waals surface area (Å²) in [5.41, 5.74) is 0.180. The third-order valence-electron chi connectivity index (χ3n) is 7.31. The van der Waals surface area contributed by atoms with E-state index in [1.54, 1.807) is 0 Å². The van der Waals surface area contributed by atoms with Crippen LogP contribution in [0.4, 0.5) is 15.4 Å². The highest BCUT2D eigenvalue weighted by Crippen LogP contribution is 2.48. The molecule has 0 aromatic carbocycles. The van der Waals surface area contributed by atoms with Crippen molar-refractivity contribution in [2.24, 2.45) is 10.8 Å². The Balaban J connectivity index is 1.34. The molecule has 0 spiro atoms. The van der Waals surface area contributed by atoms with Crippen molar-refractivity contribution < 1.29 is 61.8 Å². The molecular weight excluding hydrogens is 669 g/mol. The smallest absolute Gasteiger partial charge is 0.434 e. The summed E-state index contributed by atoms with van der Waals surface area (Å²) in [4.78, 5) is 32.6. The molecule has 2 aromatic rings. The largest absolute Gasteiger partial charge is 0.510 e. The van der Waals surface area contributed by atoms with E-state index in [9.17, 15) is 24.4 Å². The third kappa shape index (κ3) is 11.7. The summed E-state index contributed by atoms with van der Waals surface area (Å²) in [6, 6.07) is 0.280. The normalized spacial score (nSPS) is 22.0. The Hall–Kier alpha value is -3.12. The van der Waals surface area contributed by atoms with Crippen molar-refractivity contribution in [2.45, 2.75) is 97.7 Å². The zero-order chi connectivity index (χ0) is 35.8. The van der Waals surface area contributed by atoms with Crippen LogP contribution in [0.15, 0.2) is 12.5 Å². The number of hydrogen-bond donors (Lipinski definition) is 3. The molecule has 2 fully saturated rings. The Labute approximate surface area is 284 Å². The van der Waals surface area contributed by atoms with Gasteiger partial charge in [-0.05, 0) is 23.7 Å². The fourth-order valence-electron chi connectivity index (χ4n) is 4.86. The van der Waals surface area contributed by atoms with Crippen LogP contribution in [0.1, 0.15) is 79.0 Å². The van der Waals surface area contributed by atoms with Crippen LogP contribution in [-0.2, 0) is 42.0 Å². The van der Waals surface area contributed by atoms with Gasteiger partial charge < -0.3 is 44.0 Å². The number of hydrogen-bond acceptors (Lipinski definition) is 17. The van der Waals surface area contributed by atoms with Gasteiger partial charge in [0.05, 0.1) is 31.7 Å². The minimum Gasteiger partial charge on any atom is -0.434 e. The molecule has 19 heteroatoms. The van der Waals surface area contributed by atoms with Gasteiger partial charge in [0, 0.05) is 6.04 Å². The van der Waals surface area contributed by atoms with E-state index in [1.165, 1.54) is 17.0 Å². The fraction of sp³-hybridized carbons (Fsp3) is 0.767. The highest BCUT2D eigenvalue weighted by atomic mass is 31.2. The molecule has 0 unspecified atom stereocenters. The Morgan fingerprint density at radius 1 is 0.939 bits per heavy atom. The second-order valence-corrected chi connectivity index (χ2v) is 16.3. The topological polar surface area (TPSA) is 221 Å². The number of fused-ring (bicyclic) bond motifs is 1. The average Bonchev–Trinajstić information content (AvgIpc) is 3.76. The summed E-state index contributed by atoms with van der Waals surface area (Å²) in [5.74, 6) is 0.551. The van der Waals surface area contributed by atoms with Gasteiger partial charge in [-0.3, -0.25) is 13.6 Å². The molecule has 1 saturated carbocycles.